The molecule has 0 atom stereocenters. The minimum Gasteiger partial charge on any atom is -0.462 e. The largest absolute Gasteiger partial charge is 0.462 e. The zero-order chi connectivity index (χ0) is 13.1. The summed E-state index contributed by atoms with van der Waals surface area (Å²) in [5.74, 6) is -0.271. The van der Waals surface area contributed by atoms with E-state index in [0.717, 1.165) is 12.8 Å². The maximum atomic E-state index is 11.1. The molecule has 0 saturated heterocycles. The van der Waals surface area contributed by atoms with E-state index >= 15 is 0 Å². The van der Waals surface area contributed by atoms with E-state index in [9.17, 15) is 4.79 Å². The molecule has 100 valence electrons. The maximum Gasteiger partial charge on any atom is 0.333 e. The first-order chi connectivity index (χ1) is 8.07. The van der Waals surface area contributed by atoms with E-state index in [-0.39, 0.29) is 5.97 Å². The minimum absolute atomic E-state index is 0.271. The molecule has 0 aliphatic carbocycles. The third-order valence-corrected chi connectivity index (χ3v) is 2.62. The number of carbonyl (C=O) groups is 1. The number of carbonyl (C=O) groups excluding carboxylic acids is 1. The lowest BCUT2D eigenvalue weighted by Crippen LogP contribution is -2.20. The fourth-order valence-corrected chi connectivity index (χ4v) is 1.62. The van der Waals surface area contributed by atoms with Gasteiger partial charge in [0.15, 0.2) is 0 Å². The van der Waals surface area contributed by atoms with Gasteiger partial charge in [0, 0.05) is 5.57 Å². The first-order valence-corrected chi connectivity index (χ1v) is 6.59. The minimum atomic E-state index is -0.271. The smallest absolute Gasteiger partial charge is 0.333 e. The van der Waals surface area contributed by atoms with Crippen molar-refractivity contribution in [3.05, 3.63) is 12.2 Å². The van der Waals surface area contributed by atoms with Gasteiger partial charge in [-0.3, -0.25) is 0 Å². The van der Waals surface area contributed by atoms with E-state index in [1.807, 2.05) is 0 Å². The van der Waals surface area contributed by atoms with Crippen LogP contribution in [-0.2, 0) is 9.53 Å². The van der Waals surface area contributed by atoms with Gasteiger partial charge in [-0.15, -0.1) is 0 Å². The number of unbranched alkanes of at least 4 members (excludes halogenated alkanes) is 3. The molecule has 3 heteroatoms. The molecule has 17 heavy (non-hydrogen) atoms. The van der Waals surface area contributed by atoms with Gasteiger partial charge in [0.1, 0.15) is 0 Å². The molecule has 0 unspecified atom stereocenters. The molecule has 0 spiro atoms. The Kier molecular flexibility index (Phi) is 9.83. The Bertz CT molecular complexity index is 226. The normalized spacial score (nSPS) is 10.6. The van der Waals surface area contributed by atoms with Crippen molar-refractivity contribution in [2.24, 2.45) is 0 Å². The highest BCUT2D eigenvalue weighted by molar-refractivity contribution is 5.86. The van der Waals surface area contributed by atoms with Gasteiger partial charge in [0.2, 0.25) is 0 Å². The quantitative estimate of drug-likeness (QED) is 0.334. The van der Waals surface area contributed by atoms with Crippen LogP contribution in [0.15, 0.2) is 12.2 Å². The number of esters is 1. The topological polar surface area (TPSA) is 29.5 Å². The summed E-state index contributed by atoms with van der Waals surface area (Å²) in [6.45, 7) is 10.3. The van der Waals surface area contributed by atoms with E-state index in [2.05, 4.69) is 25.5 Å². The van der Waals surface area contributed by atoms with E-state index in [4.69, 9.17) is 4.74 Å². The van der Waals surface area contributed by atoms with Crippen LogP contribution < -0.4 is 0 Å². The van der Waals surface area contributed by atoms with Crippen LogP contribution in [0.3, 0.4) is 0 Å². The Morgan fingerprint density at radius 2 is 1.82 bits per heavy atom. The Morgan fingerprint density at radius 1 is 1.18 bits per heavy atom. The zero-order valence-corrected chi connectivity index (χ0v) is 11.6. The summed E-state index contributed by atoms with van der Waals surface area (Å²) in [6.07, 6.45) is 5.73. The van der Waals surface area contributed by atoms with Gasteiger partial charge in [-0.1, -0.05) is 26.3 Å². The van der Waals surface area contributed by atoms with Crippen molar-refractivity contribution in [1.29, 1.82) is 0 Å². The number of hydrogen-bond donors (Lipinski definition) is 0. The second-order valence-electron chi connectivity index (χ2n) is 4.63. The van der Waals surface area contributed by atoms with Crippen LogP contribution >= 0.6 is 0 Å². The summed E-state index contributed by atoms with van der Waals surface area (Å²) in [6, 6.07) is 0. The maximum absolute atomic E-state index is 11.1. The lowest BCUT2D eigenvalue weighted by molar-refractivity contribution is -0.139. The van der Waals surface area contributed by atoms with Gasteiger partial charge in [0.25, 0.3) is 0 Å². The summed E-state index contributed by atoms with van der Waals surface area (Å²) in [5.41, 5.74) is 0.478. The summed E-state index contributed by atoms with van der Waals surface area (Å²) < 4.78 is 5.02. The first-order valence-electron chi connectivity index (χ1n) is 6.59. The van der Waals surface area contributed by atoms with Crippen LogP contribution in [0.5, 0.6) is 0 Å². The molecular formula is C14H27NO2. The molecule has 0 aromatic rings. The molecular weight excluding hydrogens is 214 g/mol. The Balaban J connectivity index is 3.24. The van der Waals surface area contributed by atoms with Crippen molar-refractivity contribution in [3.8, 4) is 0 Å². The van der Waals surface area contributed by atoms with Crippen LogP contribution in [0.25, 0.3) is 0 Å². The zero-order valence-electron chi connectivity index (χ0n) is 11.6. The van der Waals surface area contributed by atoms with Gasteiger partial charge in [-0.25, -0.2) is 4.79 Å². The molecule has 0 amide bonds. The lowest BCUT2D eigenvalue weighted by Gasteiger charge is -2.14. The molecule has 0 aromatic carbocycles. The van der Waals surface area contributed by atoms with Crippen molar-refractivity contribution in [2.45, 2.75) is 46.0 Å². The number of hydrogen-bond acceptors (Lipinski definition) is 3. The molecule has 0 radical (unpaired) electrons. The second-order valence-corrected chi connectivity index (χ2v) is 4.63. The van der Waals surface area contributed by atoms with Gasteiger partial charge >= 0.3 is 5.97 Å². The summed E-state index contributed by atoms with van der Waals surface area (Å²) in [4.78, 5) is 13.4. The Hall–Kier alpha value is -0.830. The van der Waals surface area contributed by atoms with Gasteiger partial charge < -0.3 is 9.64 Å². The van der Waals surface area contributed by atoms with E-state index in [1.165, 1.54) is 32.4 Å². The van der Waals surface area contributed by atoms with Crippen molar-refractivity contribution < 1.29 is 9.53 Å². The van der Waals surface area contributed by atoms with Crippen molar-refractivity contribution >= 4 is 5.97 Å². The average Bonchev–Trinajstić information content (AvgIpc) is 2.27. The molecule has 0 aliphatic heterocycles. The molecule has 3 nitrogen and oxygen atoms in total. The van der Waals surface area contributed by atoms with Gasteiger partial charge in [-0.2, -0.15) is 0 Å². The fourth-order valence-electron chi connectivity index (χ4n) is 1.62. The third-order valence-electron chi connectivity index (χ3n) is 2.62. The summed E-state index contributed by atoms with van der Waals surface area (Å²) in [7, 11) is 2.16. The highest BCUT2D eigenvalue weighted by Crippen LogP contribution is 2.03. The van der Waals surface area contributed by atoms with Crippen LogP contribution in [0.2, 0.25) is 0 Å². The van der Waals surface area contributed by atoms with Gasteiger partial charge in [0.05, 0.1) is 6.61 Å². The second kappa shape index (κ2) is 10.3. The van der Waals surface area contributed by atoms with Crippen molar-refractivity contribution in [1.82, 2.24) is 4.90 Å². The molecule has 0 heterocycles. The first kappa shape index (κ1) is 16.2. The molecule has 0 aliphatic rings. The number of rotatable bonds is 10. The van der Waals surface area contributed by atoms with E-state index in [1.54, 1.807) is 6.92 Å². The predicted molar refractivity (Wildman–Crippen MR) is 72.0 cm³/mol. The van der Waals surface area contributed by atoms with Crippen LogP contribution in [0.1, 0.15) is 46.0 Å². The third kappa shape index (κ3) is 10.1. The fraction of sp³-hybridized carbons (Fsp3) is 0.786. The van der Waals surface area contributed by atoms with Crippen LogP contribution in [0, 0.1) is 0 Å². The molecule has 0 bridgehead atoms. The number of nitrogens with zero attached hydrogens (tertiary/aromatic N) is 1. The molecule has 0 saturated carbocycles. The van der Waals surface area contributed by atoms with E-state index in [0.29, 0.717) is 12.2 Å². The monoisotopic (exact) mass is 241 g/mol. The predicted octanol–water partition coefficient (Wildman–Crippen LogP) is 3.01. The van der Waals surface area contributed by atoms with Crippen molar-refractivity contribution in [2.75, 3.05) is 26.7 Å². The highest BCUT2D eigenvalue weighted by Gasteiger charge is 2.02. The Labute approximate surface area is 106 Å². The molecule has 0 aromatic heterocycles. The van der Waals surface area contributed by atoms with Gasteiger partial charge in [-0.05, 0) is 46.3 Å². The molecule has 0 N–H and O–H groups in total. The van der Waals surface area contributed by atoms with Crippen molar-refractivity contribution in [3.63, 3.8) is 0 Å². The number of ether oxygens (including phenoxy) is 1. The van der Waals surface area contributed by atoms with E-state index < -0.39 is 0 Å². The molecule has 0 fully saturated rings. The molecule has 0 rings (SSSR count). The Morgan fingerprint density at radius 3 is 2.41 bits per heavy atom. The average molecular weight is 241 g/mol. The summed E-state index contributed by atoms with van der Waals surface area (Å²) >= 11 is 0. The van der Waals surface area contributed by atoms with Crippen LogP contribution in [-0.4, -0.2) is 37.6 Å². The lowest BCUT2D eigenvalue weighted by atomic mass is 10.2. The highest BCUT2D eigenvalue weighted by atomic mass is 16.5. The summed E-state index contributed by atoms with van der Waals surface area (Å²) in [5, 5.41) is 0. The van der Waals surface area contributed by atoms with Crippen LogP contribution in [0.4, 0.5) is 0 Å². The standard InChI is InChI=1S/C14H27NO2/c1-5-10-15(4)11-8-6-7-9-12-17-14(16)13(2)3/h2,5-12H2,1,3-4H3. The SMILES string of the molecule is C=C(C)C(=O)OCCCCCCN(C)CCC.